The molecule has 0 bridgehead atoms. The van der Waals surface area contributed by atoms with Crippen LogP contribution in [0.5, 0.6) is 0 Å². The van der Waals surface area contributed by atoms with Gasteiger partial charge in [0.05, 0.1) is 13.5 Å². The number of esters is 1. The summed E-state index contributed by atoms with van der Waals surface area (Å²) in [5.41, 5.74) is 1.86. The third-order valence-corrected chi connectivity index (χ3v) is 3.53. The molecule has 0 unspecified atom stereocenters. The van der Waals surface area contributed by atoms with E-state index in [1.807, 2.05) is 32.0 Å². The third kappa shape index (κ3) is 5.60. The van der Waals surface area contributed by atoms with Crippen molar-refractivity contribution in [2.75, 3.05) is 20.2 Å². The van der Waals surface area contributed by atoms with Crippen LogP contribution in [0.3, 0.4) is 0 Å². The van der Waals surface area contributed by atoms with E-state index in [-0.39, 0.29) is 18.3 Å². The maximum absolute atomic E-state index is 12.1. The molecule has 1 aromatic rings. The molecule has 1 aromatic carbocycles. The number of benzene rings is 1. The number of carbonyl (C=O) groups is 2. The quantitative estimate of drug-likeness (QED) is 0.599. The van der Waals surface area contributed by atoms with Gasteiger partial charge in [-0.3, -0.25) is 9.59 Å². The first kappa shape index (κ1) is 17.2. The molecule has 0 aliphatic heterocycles. The summed E-state index contributed by atoms with van der Waals surface area (Å²) >= 11 is 6.04. The van der Waals surface area contributed by atoms with E-state index in [4.69, 9.17) is 11.6 Å². The van der Waals surface area contributed by atoms with Crippen molar-refractivity contribution in [2.45, 2.75) is 20.3 Å². The normalized spacial score (nSPS) is 10.7. The van der Waals surface area contributed by atoms with Gasteiger partial charge in [0.25, 0.3) is 0 Å². The van der Waals surface area contributed by atoms with Gasteiger partial charge in [0.2, 0.25) is 5.91 Å². The highest BCUT2D eigenvalue weighted by Gasteiger charge is 2.10. The predicted molar refractivity (Wildman–Crippen MR) is 84.1 cm³/mol. The minimum Gasteiger partial charge on any atom is -0.469 e. The maximum Gasteiger partial charge on any atom is 0.307 e. The molecule has 0 heterocycles. The lowest BCUT2D eigenvalue weighted by Crippen LogP contribution is -2.31. The Kier molecular flexibility index (Phi) is 6.96. The minimum atomic E-state index is -0.324. The summed E-state index contributed by atoms with van der Waals surface area (Å²) in [5.74, 6) is -0.464. The van der Waals surface area contributed by atoms with Crippen LogP contribution in [-0.2, 0) is 14.3 Å². The highest BCUT2D eigenvalue weighted by Crippen LogP contribution is 2.17. The molecule has 5 heteroatoms. The van der Waals surface area contributed by atoms with E-state index in [2.05, 4.69) is 4.74 Å². The fourth-order valence-corrected chi connectivity index (χ4v) is 1.93. The van der Waals surface area contributed by atoms with Gasteiger partial charge < -0.3 is 9.64 Å². The van der Waals surface area contributed by atoms with E-state index in [0.29, 0.717) is 18.1 Å². The van der Waals surface area contributed by atoms with Crippen molar-refractivity contribution in [3.63, 3.8) is 0 Å². The van der Waals surface area contributed by atoms with Gasteiger partial charge in [-0.2, -0.15) is 0 Å². The SMILES string of the molecule is CCN(CCC(=O)OC)C(=O)/C=C/c1ccc(C)c(Cl)c1. The molecule has 0 aliphatic carbocycles. The number of aryl methyl sites for hydroxylation is 1. The van der Waals surface area contributed by atoms with Gasteiger partial charge in [-0.05, 0) is 37.1 Å². The van der Waals surface area contributed by atoms with Crippen molar-refractivity contribution < 1.29 is 14.3 Å². The highest BCUT2D eigenvalue weighted by molar-refractivity contribution is 6.31. The molecule has 0 saturated carbocycles. The number of hydrogen-bond donors (Lipinski definition) is 0. The molecule has 0 spiro atoms. The molecule has 0 radical (unpaired) electrons. The van der Waals surface area contributed by atoms with Gasteiger partial charge in [0.15, 0.2) is 0 Å². The molecule has 0 saturated heterocycles. The number of halogens is 1. The molecular formula is C16H20ClNO3. The van der Waals surface area contributed by atoms with E-state index in [9.17, 15) is 9.59 Å². The Hall–Kier alpha value is -1.81. The summed E-state index contributed by atoms with van der Waals surface area (Å²) in [6.45, 7) is 4.67. The van der Waals surface area contributed by atoms with E-state index in [1.165, 1.54) is 13.2 Å². The zero-order valence-electron chi connectivity index (χ0n) is 12.6. The number of nitrogens with zero attached hydrogens (tertiary/aromatic N) is 1. The Morgan fingerprint density at radius 3 is 2.67 bits per heavy atom. The zero-order valence-corrected chi connectivity index (χ0v) is 13.3. The van der Waals surface area contributed by atoms with Crippen LogP contribution in [-0.4, -0.2) is 37.0 Å². The summed E-state index contributed by atoms with van der Waals surface area (Å²) in [6, 6.07) is 5.61. The Morgan fingerprint density at radius 2 is 2.10 bits per heavy atom. The molecule has 114 valence electrons. The van der Waals surface area contributed by atoms with Crippen LogP contribution in [0.1, 0.15) is 24.5 Å². The lowest BCUT2D eigenvalue weighted by molar-refractivity contribution is -0.141. The second kappa shape index (κ2) is 8.47. The van der Waals surface area contributed by atoms with Gasteiger partial charge in [-0.1, -0.05) is 23.7 Å². The monoisotopic (exact) mass is 309 g/mol. The maximum atomic E-state index is 12.1. The number of likely N-dealkylation sites (N-methyl/N-ethyl adjacent to an activating group) is 1. The van der Waals surface area contributed by atoms with Crippen molar-refractivity contribution in [1.29, 1.82) is 0 Å². The second-order valence-corrected chi connectivity index (χ2v) is 4.99. The Balaban J connectivity index is 2.66. The standard InChI is InChI=1S/C16H20ClNO3/c1-4-18(10-9-16(20)21-3)15(19)8-7-13-6-5-12(2)14(17)11-13/h5-8,11H,4,9-10H2,1-3H3/b8-7+. The van der Waals surface area contributed by atoms with E-state index in [1.54, 1.807) is 11.0 Å². The predicted octanol–water partition coefficient (Wildman–Crippen LogP) is 3.07. The Bertz CT molecular complexity index is 540. The van der Waals surface area contributed by atoms with Gasteiger partial charge in [0, 0.05) is 24.2 Å². The van der Waals surface area contributed by atoms with Crippen molar-refractivity contribution in [3.8, 4) is 0 Å². The van der Waals surface area contributed by atoms with Crippen molar-refractivity contribution in [2.24, 2.45) is 0 Å². The molecule has 0 aromatic heterocycles. The average Bonchev–Trinajstić information content (AvgIpc) is 2.48. The molecule has 1 amide bonds. The molecule has 0 fully saturated rings. The van der Waals surface area contributed by atoms with E-state index in [0.717, 1.165) is 11.1 Å². The van der Waals surface area contributed by atoms with Crippen LogP contribution < -0.4 is 0 Å². The summed E-state index contributed by atoms with van der Waals surface area (Å²) in [7, 11) is 1.33. The number of amides is 1. The van der Waals surface area contributed by atoms with Crippen molar-refractivity contribution >= 4 is 29.6 Å². The first-order chi connectivity index (χ1) is 9.97. The molecular weight excluding hydrogens is 290 g/mol. The molecule has 21 heavy (non-hydrogen) atoms. The molecule has 0 N–H and O–H groups in total. The minimum absolute atomic E-state index is 0.141. The topological polar surface area (TPSA) is 46.6 Å². The first-order valence-corrected chi connectivity index (χ1v) is 7.15. The third-order valence-electron chi connectivity index (χ3n) is 3.12. The first-order valence-electron chi connectivity index (χ1n) is 6.78. The molecule has 1 rings (SSSR count). The number of carbonyl (C=O) groups excluding carboxylic acids is 2. The smallest absolute Gasteiger partial charge is 0.307 e. The van der Waals surface area contributed by atoms with E-state index >= 15 is 0 Å². The Morgan fingerprint density at radius 1 is 1.38 bits per heavy atom. The fourth-order valence-electron chi connectivity index (χ4n) is 1.74. The van der Waals surface area contributed by atoms with E-state index < -0.39 is 0 Å². The number of ether oxygens (including phenoxy) is 1. The number of hydrogen-bond acceptors (Lipinski definition) is 3. The average molecular weight is 310 g/mol. The fraction of sp³-hybridized carbons (Fsp3) is 0.375. The van der Waals surface area contributed by atoms with Gasteiger partial charge in [-0.25, -0.2) is 0 Å². The van der Waals surface area contributed by atoms with Crippen LogP contribution in [0.4, 0.5) is 0 Å². The van der Waals surface area contributed by atoms with Gasteiger partial charge in [-0.15, -0.1) is 0 Å². The van der Waals surface area contributed by atoms with Crippen molar-refractivity contribution in [1.82, 2.24) is 4.90 Å². The van der Waals surface area contributed by atoms with Crippen LogP contribution in [0.25, 0.3) is 6.08 Å². The molecule has 0 atom stereocenters. The number of rotatable bonds is 6. The van der Waals surface area contributed by atoms with Gasteiger partial charge >= 0.3 is 5.97 Å². The largest absolute Gasteiger partial charge is 0.469 e. The summed E-state index contributed by atoms with van der Waals surface area (Å²) in [5, 5.41) is 0.669. The molecule has 0 aliphatic rings. The molecule has 4 nitrogen and oxygen atoms in total. The van der Waals surface area contributed by atoms with Gasteiger partial charge in [0.1, 0.15) is 0 Å². The second-order valence-electron chi connectivity index (χ2n) is 4.59. The lowest BCUT2D eigenvalue weighted by atomic mass is 10.1. The lowest BCUT2D eigenvalue weighted by Gasteiger charge is -2.18. The highest BCUT2D eigenvalue weighted by atomic mass is 35.5. The summed E-state index contributed by atoms with van der Waals surface area (Å²) in [6.07, 6.45) is 3.40. The summed E-state index contributed by atoms with van der Waals surface area (Å²) < 4.78 is 4.57. The summed E-state index contributed by atoms with van der Waals surface area (Å²) in [4.78, 5) is 24.8. The van der Waals surface area contributed by atoms with Crippen LogP contribution in [0, 0.1) is 6.92 Å². The van der Waals surface area contributed by atoms with Crippen LogP contribution in [0.2, 0.25) is 5.02 Å². The van der Waals surface area contributed by atoms with Crippen molar-refractivity contribution in [3.05, 3.63) is 40.4 Å². The number of methoxy groups -OCH3 is 1. The van der Waals surface area contributed by atoms with Crippen LogP contribution >= 0.6 is 11.6 Å². The van der Waals surface area contributed by atoms with Crippen LogP contribution in [0.15, 0.2) is 24.3 Å². The Labute approximate surface area is 130 Å². The zero-order chi connectivity index (χ0) is 15.8.